The molecule has 0 radical (unpaired) electrons. The number of rotatable bonds is 3. The number of methoxy groups -OCH3 is 1. The zero-order chi connectivity index (χ0) is 13.1. The summed E-state index contributed by atoms with van der Waals surface area (Å²) in [6, 6.07) is 7.13. The molecule has 0 bridgehead atoms. The molecule has 0 heterocycles. The summed E-state index contributed by atoms with van der Waals surface area (Å²) in [5.41, 5.74) is 0.481. The Hall–Kier alpha value is -1.51. The molecule has 1 unspecified atom stereocenters. The topological polar surface area (TPSA) is 35.5 Å². The summed E-state index contributed by atoms with van der Waals surface area (Å²) in [6.07, 6.45) is 0.00769. The highest BCUT2D eigenvalue weighted by atomic mass is 16.5. The van der Waals surface area contributed by atoms with Gasteiger partial charge >= 0.3 is 5.97 Å². The Morgan fingerprint density at radius 1 is 1.24 bits per heavy atom. The van der Waals surface area contributed by atoms with Gasteiger partial charge in [0.05, 0.1) is 7.11 Å². The van der Waals surface area contributed by atoms with Gasteiger partial charge in [-0.25, -0.2) is 4.79 Å². The number of hydrogen-bond acceptors (Lipinski definition) is 3. The van der Waals surface area contributed by atoms with Crippen LogP contribution in [0.3, 0.4) is 0 Å². The number of carbonyl (C=O) groups excluding carboxylic acids is 1. The van der Waals surface area contributed by atoms with E-state index in [1.807, 2.05) is 13.0 Å². The lowest BCUT2D eigenvalue weighted by Crippen LogP contribution is -2.29. The van der Waals surface area contributed by atoms with Crippen molar-refractivity contribution < 1.29 is 14.3 Å². The first-order valence-corrected chi connectivity index (χ1v) is 5.70. The molecule has 1 atom stereocenters. The van der Waals surface area contributed by atoms with Crippen LogP contribution in [-0.2, 0) is 4.74 Å². The predicted molar refractivity (Wildman–Crippen MR) is 67.3 cm³/mol. The van der Waals surface area contributed by atoms with Crippen molar-refractivity contribution in [1.82, 2.24) is 0 Å². The number of ether oxygens (including phenoxy) is 2. The molecule has 0 N–H and O–H groups in total. The normalized spacial score (nSPS) is 13.0. The van der Waals surface area contributed by atoms with E-state index in [1.165, 1.54) is 7.11 Å². The lowest BCUT2D eigenvalue weighted by Gasteiger charge is -2.28. The van der Waals surface area contributed by atoms with Crippen LogP contribution in [0.1, 0.15) is 38.1 Å². The van der Waals surface area contributed by atoms with Crippen molar-refractivity contribution in [3.05, 3.63) is 29.8 Å². The Labute approximate surface area is 103 Å². The van der Waals surface area contributed by atoms with Crippen molar-refractivity contribution in [2.24, 2.45) is 5.41 Å². The molecule has 3 heteroatoms. The molecule has 1 aromatic carbocycles. The van der Waals surface area contributed by atoms with Gasteiger partial charge in [0.25, 0.3) is 0 Å². The molecule has 0 aliphatic rings. The van der Waals surface area contributed by atoms with Crippen molar-refractivity contribution in [3.63, 3.8) is 0 Å². The third-order valence-corrected chi connectivity index (χ3v) is 2.82. The summed E-state index contributed by atoms with van der Waals surface area (Å²) >= 11 is 0. The molecule has 0 aromatic heterocycles. The summed E-state index contributed by atoms with van der Waals surface area (Å²) in [6.45, 7) is 8.28. The lowest BCUT2D eigenvalue weighted by molar-refractivity contribution is 0.0580. The third kappa shape index (κ3) is 3.48. The van der Waals surface area contributed by atoms with E-state index >= 15 is 0 Å². The van der Waals surface area contributed by atoms with E-state index in [1.54, 1.807) is 18.2 Å². The Balaban J connectivity index is 2.95. The lowest BCUT2D eigenvalue weighted by atomic mass is 9.90. The molecule has 1 rings (SSSR count). The number of para-hydroxylation sites is 1. The Morgan fingerprint density at radius 2 is 1.82 bits per heavy atom. The van der Waals surface area contributed by atoms with Crippen molar-refractivity contribution in [2.75, 3.05) is 7.11 Å². The van der Waals surface area contributed by atoms with E-state index in [0.717, 1.165) is 0 Å². The molecule has 1 aromatic rings. The summed E-state index contributed by atoms with van der Waals surface area (Å²) in [7, 11) is 1.37. The second-order valence-corrected chi connectivity index (χ2v) is 5.11. The van der Waals surface area contributed by atoms with E-state index in [2.05, 4.69) is 20.8 Å². The fraction of sp³-hybridized carbons (Fsp3) is 0.500. The van der Waals surface area contributed by atoms with E-state index in [4.69, 9.17) is 9.47 Å². The van der Waals surface area contributed by atoms with Gasteiger partial charge in [-0.3, -0.25) is 0 Å². The predicted octanol–water partition coefficient (Wildman–Crippen LogP) is 3.29. The van der Waals surface area contributed by atoms with E-state index in [0.29, 0.717) is 11.3 Å². The molecular formula is C14H20O3. The van der Waals surface area contributed by atoms with Crippen LogP contribution in [0.2, 0.25) is 0 Å². The standard InChI is InChI=1S/C14H20O3/c1-10(14(2,3)4)17-12-9-7-6-8-11(12)13(15)16-5/h6-10H,1-5H3. The van der Waals surface area contributed by atoms with E-state index in [-0.39, 0.29) is 17.5 Å². The first-order chi connectivity index (χ1) is 7.86. The van der Waals surface area contributed by atoms with Crippen LogP contribution in [0.4, 0.5) is 0 Å². The molecule has 3 nitrogen and oxygen atoms in total. The van der Waals surface area contributed by atoms with Gasteiger partial charge in [-0.2, -0.15) is 0 Å². The first kappa shape index (κ1) is 13.6. The van der Waals surface area contributed by atoms with Crippen LogP contribution in [0.15, 0.2) is 24.3 Å². The van der Waals surface area contributed by atoms with E-state index < -0.39 is 0 Å². The minimum atomic E-state index is -0.373. The zero-order valence-electron chi connectivity index (χ0n) is 11.1. The highest BCUT2D eigenvalue weighted by Crippen LogP contribution is 2.27. The van der Waals surface area contributed by atoms with Crippen LogP contribution in [0, 0.1) is 5.41 Å². The summed E-state index contributed by atoms with van der Waals surface area (Å²) in [5.74, 6) is 0.198. The van der Waals surface area contributed by atoms with Gasteiger partial charge in [0, 0.05) is 0 Å². The zero-order valence-corrected chi connectivity index (χ0v) is 11.1. The molecule has 0 spiro atoms. The van der Waals surface area contributed by atoms with Crippen molar-refractivity contribution in [3.8, 4) is 5.75 Å². The largest absolute Gasteiger partial charge is 0.489 e. The highest BCUT2D eigenvalue weighted by Gasteiger charge is 2.23. The van der Waals surface area contributed by atoms with Crippen molar-refractivity contribution in [2.45, 2.75) is 33.8 Å². The van der Waals surface area contributed by atoms with Crippen LogP contribution in [0.5, 0.6) is 5.75 Å². The van der Waals surface area contributed by atoms with Gasteiger partial charge in [-0.05, 0) is 24.5 Å². The molecule has 0 fully saturated rings. The SMILES string of the molecule is COC(=O)c1ccccc1OC(C)C(C)(C)C. The van der Waals surface area contributed by atoms with Crippen molar-refractivity contribution in [1.29, 1.82) is 0 Å². The van der Waals surface area contributed by atoms with Crippen LogP contribution in [0.25, 0.3) is 0 Å². The van der Waals surface area contributed by atoms with E-state index in [9.17, 15) is 4.79 Å². The van der Waals surface area contributed by atoms with Crippen LogP contribution < -0.4 is 4.74 Å². The maximum Gasteiger partial charge on any atom is 0.341 e. The summed E-state index contributed by atoms with van der Waals surface area (Å²) in [5, 5.41) is 0. The first-order valence-electron chi connectivity index (χ1n) is 5.70. The van der Waals surface area contributed by atoms with Gasteiger partial charge in [0.15, 0.2) is 0 Å². The summed E-state index contributed by atoms with van der Waals surface area (Å²) in [4.78, 5) is 11.6. The second-order valence-electron chi connectivity index (χ2n) is 5.11. The molecule has 0 aliphatic carbocycles. The quantitative estimate of drug-likeness (QED) is 0.755. The van der Waals surface area contributed by atoms with Gasteiger partial charge < -0.3 is 9.47 Å². The molecule has 0 saturated heterocycles. The Kier molecular flexibility index (Phi) is 4.16. The second kappa shape index (κ2) is 5.21. The number of benzene rings is 1. The van der Waals surface area contributed by atoms with Gasteiger partial charge in [0.2, 0.25) is 0 Å². The number of esters is 1. The summed E-state index contributed by atoms with van der Waals surface area (Å²) < 4.78 is 10.6. The molecule has 0 amide bonds. The molecule has 0 aliphatic heterocycles. The molecular weight excluding hydrogens is 216 g/mol. The minimum Gasteiger partial charge on any atom is -0.489 e. The fourth-order valence-corrected chi connectivity index (χ4v) is 1.22. The average molecular weight is 236 g/mol. The highest BCUT2D eigenvalue weighted by molar-refractivity contribution is 5.92. The molecule has 94 valence electrons. The van der Waals surface area contributed by atoms with Gasteiger partial charge in [-0.15, -0.1) is 0 Å². The Morgan fingerprint density at radius 3 is 2.35 bits per heavy atom. The third-order valence-electron chi connectivity index (χ3n) is 2.82. The minimum absolute atomic E-state index is 0.00769. The average Bonchev–Trinajstić information content (AvgIpc) is 2.27. The Bertz CT molecular complexity index is 391. The van der Waals surface area contributed by atoms with Crippen LogP contribution >= 0.6 is 0 Å². The number of hydrogen-bond donors (Lipinski definition) is 0. The maximum atomic E-state index is 11.6. The van der Waals surface area contributed by atoms with Crippen LogP contribution in [-0.4, -0.2) is 19.2 Å². The maximum absolute atomic E-state index is 11.6. The molecule has 17 heavy (non-hydrogen) atoms. The van der Waals surface area contributed by atoms with Gasteiger partial charge in [-0.1, -0.05) is 32.9 Å². The number of carbonyl (C=O) groups is 1. The smallest absolute Gasteiger partial charge is 0.341 e. The van der Waals surface area contributed by atoms with Gasteiger partial charge in [0.1, 0.15) is 17.4 Å². The fourth-order valence-electron chi connectivity index (χ4n) is 1.22. The molecule has 0 saturated carbocycles. The monoisotopic (exact) mass is 236 g/mol. The van der Waals surface area contributed by atoms with Crippen molar-refractivity contribution >= 4 is 5.97 Å².